The number of aliphatic hydroxyl groups excluding tert-OH is 1. The number of carbonyl (C=O) groups excluding carboxylic acids is 2. The molecule has 1 saturated heterocycles. The highest BCUT2D eigenvalue weighted by Gasteiger charge is 2.26. The molecule has 3 rings (SSSR count). The van der Waals surface area contributed by atoms with Gasteiger partial charge in [0.15, 0.2) is 5.76 Å². The third-order valence-corrected chi connectivity index (χ3v) is 3.46. The average Bonchev–Trinajstić information content (AvgIpc) is 3.15. The van der Waals surface area contributed by atoms with Gasteiger partial charge in [-0.1, -0.05) is 0 Å². The first-order chi connectivity index (χ1) is 12.0. The van der Waals surface area contributed by atoms with Gasteiger partial charge in [0.05, 0.1) is 17.7 Å². The van der Waals surface area contributed by atoms with Gasteiger partial charge in [-0.2, -0.15) is 5.10 Å². The first-order valence-electron chi connectivity index (χ1n) is 7.11. The number of hydrogen-bond acceptors (Lipinski definition) is 7. The molecule has 3 amide bonds. The summed E-state index contributed by atoms with van der Waals surface area (Å²) in [6.45, 7) is -0.525. The Morgan fingerprint density at radius 1 is 1.36 bits per heavy atom. The third-order valence-electron chi connectivity index (χ3n) is 3.46. The quantitative estimate of drug-likeness (QED) is 0.362. The van der Waals surface area contributed by atoms with Crippen LogP contribution in [-0.4, -0.2) is 39.7 Å². The number of carbonyl (C=O) groups is 2. The summed E-state index contributed by atoms with van der Waals surface area (Å²) < 4.78 is 5.59. The molecule has 1 fully saturated rings. The van der Waals surface area contributed by atoms with Crippen LogP contribution in [0.1, 0.15) is 11.3 Å². The van der Waals surface area contributed by atoms with Gasteiger partial charge in [-0.3, -0.25) is 20.2 Å². The highest BCUT2D eigenvalue weighted by atomic mass is 16.6. The number of aliphatic hydroxyl groups is 1. The predicted octanol–water partition coefficient (Wildman–Crippen LogP) is 1.23. The fraction of sp³-hybridized carbons (Fsp3) is 0.133. The lowest BCUT2D eigenvalue weighted by atomic mass is 10.1. The van der Waals surface area contributed by atoms with Gasteiger partial charge in [-0.25, -0.2) is 9.80 Å². The van der Waals surface area contributed by atoms with E-state index in [9.17, 15) is 24.8 Å². The number of non-ortho nitro benzene ring substituents is 1. The molecular weight excluding hydrogens is 332 g/mol. The summed E-state index contributed by atoms with van der Waals surface area (Å²) in [6, 6.07) is 6.64. The first-order valence-corrected chi connectivity index (χ1v) is 7.11. The largest absolute Gasteiger partial charge is 0.455 e. The van der Waals surface area contributed by atoms with Crippen LogP contribution < -0.4 is 5.32 Å². The second-order valence-corrected chi connectivity index (χ2v) is 5.12. The number of furan rings is 1. The summed E-state index contributed by atoms with van der Waals surface area (Å²) in [4.78, 5) is 32.7. The Labute approximate surface area is 140 Å². The maximum atomic E-state index is 11.4. The molecule has 25 heavy (non-hydrogen) atoms. The number of urea groups is 1. The summed E-state index contributed by atoms with van der Waals surface area (Å²) >= 11 is 0. The Morgan fingerprint density at radius 3 is 2.64 bits per heavy atom. The molecule has 0 spiro atoms. The summed E-state index contributed by atoms with van der Waals surface area (Å²) in [6.07, 6.45) is 1.22. The number of nitrogens with zero attached hydrogens (tertiary/aromatic N) is 3. The molecule has 2 N–H and O–H groups in total. The summed E-state index contributed by atoms with van der Waals surface area (Å²) in [5.74, 6) is 0.126. The number of nitrogens with one attached hydrogen (secondary N) is 1. The zero-order chi connectivity index (χ0) is 18.0. The van der Waals surface area contributed by atoms with E-state index < -0.39 is 16.9 Å². The number of nitro groups is 1. The van der Waals surface area contributed by atoms with E-state index >= 15 is 0 Å². The number of hydrogen-bond donors (Lipinski definition) is 2. The van der Waals surface area contributed by atoms with Gasteiger partial charge >= 0.3 is 6.03 Å². The molecule has 2 aromatic rings. The van der Waals surface area contributed by atoms with E-state index in [0.717, 1.165) is 5.01 Å². The van der Waals surface area contributed by atoms with Crippen molar-refractivity contribution in [3.63, 3.8) is 0 Å². The maximum absolute atomic E-state index is 11.4. The van der Waals surface area contributed by atoms with Crippen LogP contribution in [0.3, 0.4) is 0 Å². The van der Waals surface area contributed by atoms with Crippen molar-refractivity contribution in [2.75, 3.05) is 6.54 Å². The van der Waals surface area contributed by atoms with E-state index in [1.54, 1.807) is 6.07 Å². The summed E-state index contributed by atoms with van der Waals surface area (Å²) in [5, 5.41) is 27.0. The molecule has 1 aliphatic heterocycles. The lowest BCUT2D eigenvalue weighted by Gasteiger charge is -2.03. The highest BCUT2D eigenvalue weighted by Crippen LogP contribution is 2.27. The fourth-order valence-corrected chi connectivity index (χ4v) is 2.21. The van der Waals surface area contributed by atoms with Gasteiger partial charge in [0.1, 0.15) is 12.3 Å². The molecule has 128 valence electrons. The second kappa shape index (κ2) is 6.53. The van der Waals surface area contributed by atoms with E-state index in [-0.39, 0.29) is 24.6 Å². The Morgan fingerprint density at radius 2 is 2.08 bits per heavy atom. The monoisotopic (exact) mass is 344 g/mol. The maximum Gasteiger partial charge on any atom is 0.344 e. The van der Waals surface area contributed by atoms with E-state index in [2.05, 4.69) is 10.4 Å². The summed E-state index contributed by atoms with van der Waals surface area (Å²) in [5.41, 5.74) is 0.946. The van der Waals surface area contributed by atoms with Crippen molar-refractivity contribution in [1.29, 1.82) is 0 Å². The zero-order valence-corrected chi connectivity index (χ0v) is 12.7. The fourth-order valence-electron chi connectivity index (χ4n) is 2.21. The van der Waals surface area contributed by atoms with Gasteiger partial charge in [0, 0.05) is 23.3 Å². The van der Waals surface area contributed by atoms with Crippen LogP contribution in [0.15, 0.2) is 39.9 Å². The van der Waals surface area contributed by atoms with Crippen LogP contribution in [0.5, 0.6) is 0 Å². The van der Waals surface area contributed by atoms with Gasteiger partial charge in [0.2, 0.25) is 5.91 Å². The zero-order valence-electron chi connectivity index (χ0n) is 12.7. The molecule has 0 aliphatic carbocycles. The van der Waals surface area contributed by atoms with Crippen LogP contribution in [-0.2, 0) is 11.4 Å². The highest BCUT2D eigenvalue weighted by molar-refractivity contribution is 6.02. The minimum Gasteiger partial charge on any atom is -0.455 e. The number of rotatable bonds is 5. The molecule has 0 unspecified atom stereocenters. The van der Waals surface area contributed by atoms with Gasteiger partial charge in [-0.05, 0) is 18.2 Å². The Bertz CT molecular complexity index is 871. The van der Waals surface area contributed by atoms with Crippen molar-refractivity contribution in [1.82, 2.24) is 10.3 Å². The van der Waals surface area contributed by atoms with E-state index in [1.165, 1.54) is 30.5 Å². The number of imide groups is 1. The molecule has 10 nitrogen and oxygen atoms in total. The molecule has 2 heterocycles. The van der Waals surface area contributed by atoms with E-state index in [1.807, 2.05) is 0 Å². The Kier molecular flexibility index (Phi) is 4.27. The van der Waals surface area contributed by atoms with E-state index in [0.29, 0.717) is 16.9 Å². The number of benzene rings is 1. The molecule has 10 heteroatoms. The minimum absolute atomic E-state index is 0.0517. The van der Waals surface area contributed by atoms with Crippen LogP contribution in [0.4, 0.5) is 10.5 Å². The van der Waals surface area contributed by atoms with Crippen molar-refractivity contribution in [3.8, 4) is 11.3 Å². The lowest BCUT2D eigenvalue weighted by molar-refractivity contribution is -0.384. The van der Waals surface area contributed by atoms with Crippen molar-refractivity contribution in [3.05, 3.63) is 51.8 Å². The summed E-state index contributed by atoms with van der Waals surface area (Å²) in [7, 11) is 0. The van der Waals surface area contributed by atoms with Crippen LogP contribution in [0.2, 0.25) is 0 Å². The third kappa shape index (κ3) is 3.38. The molecule has 0 bridgehead atoms. The molecular formula is C15H12N4O6. The lowest BCUT2D eigenvalue weighted by Crippen LogP contribution is -2.24. The van der Waals surface area contributed by atoms with Crippen LogP contribution in [0.25, 0.3) is 11.3 Å². The SMILES string of the molecule is O=C1CN(/N=C\c2oc(-c3ccc([N+](=O)[O-])cc3)cc2CO)C(=O)N1. The molecule has 1 aliphatic rings. The van der Waals surface area contributed by atoms with Crippen molar-refractivity contribution in [2.45, 2.75) is 6.61 Å². The van der Waals surface area contributed by atoms with Crippen molar-refractivity contribution in [2.24, 2.45) is 5.10 Å². The number of nitro benzene ring substituents is 1. The first kappa shape index (κ1) is 16.3. The topological polar surface area (TPSA) is 138 Å². The molecule has 1 aromatic carbocycles. The smallest absolute Gasteiger partial charge is 0.344 e. The van der Waals surface area contributed by atoms with Crippen LogP contribution in [0, 0.1) is 10.1 Å². The second-order valence-electron chi connectivity index (χ2n) is 5.12. The predicted molar refractivity (Wildman–Crippen MR) is 84.6 cm³/mol. The van der Waals surface area contributed by atoms with Crippen LogP contribution >= 0.6 is 0 Å². The van der Waals surface area contributed by atoms with Gasteiger partial charge in [0.25, 0.3) is 5.69 Å². The van der Waals surface area contributed by atoms with E-state index in [4.69, 9.17) is 4.42 Å². The Balaban J connectivity index is 1.85. The van der Waals surface area contributed by atoms with Crippen molar-refractivity contribution >= 4 is 23.8 Å². The normalized spacial score (nSPS) is 14.4. The van der Waals surface area contributed by atoms with Crippen molar-refractivity contribution < 1.29 is 24.0 Å². The Hall–Kier alpha value is -3.53. The van der Waals surface area contributed by atoms with Gasteiger partial charge in [-0.15, -0.1) is 0 Å². The molecule has 0 atom stereocenters. The standard InChI is InChI=1S/C15H12N4O6/c20-8-10-5-12(9-1-3-11(4-2-9)19(23)24)25-13(10)6-16-18-7-14(21)17-15(18)22/h1-6,20H,7-8H2,(H,17,21,22)/b16-6-. The van der Waals surface area contributed by atoms with Gasteiger partial charge < -0.3 is 9.52 Å². The number of hydrazone groups is 1. The molecule has 0 saturated carbocycles. The molecule has 0 radical (unpaired) electrons. The molecule has 1 aromatic heterocycles. The minimum atomic E-state index is -0.644. The average molecular weight is 344 g/mol. The number of amides is 3.